The van der Waals surface area contributed by atoms with Gasteiger partial charge < -0.3 is 5.73 Å². The first-order valence-electron chi connectivity index (χ1n) is 7.12. The molecule has 0 radical (unpaired) electrons. The van der Waals surface area contributed by atoms with Crippen LogP contribution in [0, 0.1) is 5.92 Å². The summed E-state index contributed by atoms with van der Waals surface area (Å²) in [5.41, 5.74) is 7.37. The van der Waals surface area contributed by atoms with E-state index in [1.165, 1.54) is 50.6 Å². The zero-order valence-electron chi connectivity index (χ0n) is 10.5. The van der Waals surface area contributed by atoms with E-state index >= 15 is 0 Å². The second-order valence-corrected chi connectivity index (χ2v) is 5.78. The molecule has 2 saturated carbocycles. The van der Waals surface area contributed by atoms with Crippen LogP contribution in [-0.2, 0) is 6.42 Å². The number of hydrogen-bond donors (Lipinski definition) is 1. The molecule has 0 bridgehead atoms. The molecule has 2 aliphatic rings. The second kappa shape index (κ2) is 4.81. The van der Waals surface area contributed by atoms with E-state index in [1.54, 1.807) is 0 Å². The van der Waals surface area contributed by atoms with Gasteiger partial charge in [-0.2, -0.15) is 5.10 Å². The largest absolute Gasteiger partial charge is 0.327 e. The van der Waals surface area contributed by atoms with Crippen molar-refractivity contribution in [2.24, 2.45) is 11.7 Å². The van der Waals surface area contributed by atoms with Gasteiger partial charge in [-0.1, -0.05) is 19.3 Å². The Bertz CT molecular complexity index is 365. The highest BCUT2D eigenvalue weighted by atomic mass is 15.3. The SMILES string of the molecule is NC1CCCC1Cc1ccn(C2CCCC2)n1. The molecular formula is C14H23N3. The van der Waals surface area contributed by atoms with E-state index in [4.69, 9.17) is 10.8 Å². The molecule has 3 nitrogen and oxygen atoms in total. The second-order valence-electron chi connectivity index (χ2n) is 5.78. The summed E-state index contributed by atoms with van der Waals surface area (Å²) in [6, 6.07) is 3.27. The molecule has 1 heterocycles. The molecule has 3 rings (SSSR count). The minimum absolute atomic E-state index is 0.409. The molecule has 2 unspecified atom stereocenters. The van der Waals surface area contributed by atoms with Crippen molar-refractivity contribution in [2.75, 3.05) is 0 Å². The van der Waals surface area contributed by atoms with Crippen LogP contribution in [0.5, 0.6) is 0 Å². The summed E-state index contributed by atoms with van der Waals surface area (Å²) < 4.78 is 2.20. The van der Waals surface area contributed by atoms with Crippen LogP contribution < -0.4 is 5.73 Å². The summed E-state index contributed by atoms with van der Waals surface area (Å²) in [6.45, 7) is 0. The van der Waals surface area contributed by atoms with Crippen LogP contribution in [0.4, 0.5) is 0 Å². The maximum absolute atomic E-state index is 6.12. The lowest BCUT2D eigenvalue weighted by molar-refractivity contribution is 0.443. The van der Waals surface area contributed by atoms with Gasteiger partial charge in [0.2, 0.25) is 0 Å². The van der Waals surface area contributed by atoms with Crippen molar-refractivity contribution >= 4 is 0 Å². The number of nitrogens with zero attached hydrogens (tertiary/aromatic N) is 2. The zero-order chi connectivity index (χ0) is 11.7. The Kier molecular flexibility index (Phi) is 3.19. The third-order valence-electron chi connectivity index (χ3n) is 4.55. The summed E-state index contributed by atoms with van der Waals surface area (Å²) in [6.07, 6.45) is 12.4. The molecule has 1 aromatic heterocycles. The predicted molar refractivity (Wildman–Crippen MR) is 68.8 cm³/mol. The first kappa shape index (κ1) is 11.3. The average molecular weight is 233 g/mol. The smallest absolute Gasteiger partial charge is 0.0628 e. The van der Waals surface area contributed by atoms with Crippen LogP contribution >= 0.6 is 0 Å². The van der Waals surface area contributed by atoms with Gasteiger partial charge in [0.15, 0.2) is 0 Å². The van der Waals surface area contributed by atoms with Crippen LogP contribution in [0.2, 0.25) is 0 Å². The molecule has 0 amide bonds. The third-order valence-corrected chi connectivity index (χ3v) is 4.55. The minimum atomic E-state index is 0.409. The maximum atomic E-state index is 6.12. The fourth-order valence-corrected chi connectivity index (χ4v) is 3.45. The monoisotopic (exact) mass is 233 g/mol. The third kappa shape index (κ3) is 2.39. The standard InChI is InChI=1S/C14H23N3/c15-14-7-3-4-11(14)10-12-8-9-17(16-12)13-5-1-2-6-13/h8-9,11,13-14H,1-7,10,15H2. The Morgan fingerprint density at radius 1 is 1.18 bits per heavy atom. The molecule has 0 spiro atoms. The van der Waals surface area contributed by atoms with E-state index in [0.717, 1.165) is 6.42 Å². The van der Waals surface area contributed by atoms with Gasteiger partial charge in [-0.15, -0.1) is 0 Å². The molecule has 2 fully saturated rings. The van der Waals surface area contributed by atoms with E-state index in [2.05, 4.69) is 16.9 Å². The van der Waals surface area contributed by atoms with Crippen molar-refractivity contribution < 1.29 is 0 Å². The van der Waals surface area contributed by atoms with Crippen LogP contribution in [0.25, 0.3) is 0 Å². The Hall–Kier alpha value is -0.830. The van der Waals surface area contributed by atoms with Crippen molar-refractivity contribution in [2.45, 2.75) is 63.5 Å². The molecule has 0 saturated heterocycles. The van der Waals surface area contributed by atoms with Gasteiger partial charge in [0.1, 0.15) is 0 Å². The average Bonchev–Trinajstić information content (AvgIpc) is 3.02. The van der Waals surface area contributed by atoms with E-state index < -0.39 is 0 Å². The Labute approximate surface area is 103 Å². The summed E-state index contributed by atoms with van der Waals surface area (Å²) in [7, 11) is 0. The van der Waals surface area contributed by atoms with Gasteiger partial charge in [-0.3, -0.25) is 4.68 Å². The molecule has 2 atom stereocenters. The Balaban J connectivity index is 1.63. The van der Waals surface area contributed by atoms with Crippen molar-refractivity contribution in [1.82, 2.24) is 9.78 Å². The summed E-state index contributed by atoms with van der Waals surface area (Å²) in [5, 5.41) is 4.75. The molecule has 2 aliphatic carbocycles. The van der Waals surface area contributed by atoms with E-state index in [-0.39, 0.29) is 0 Å². The van der Waals surface area contributed by atoms with E-state index in [9.17, 15) is 0 Å². The first-order valence-corrected chi connectivity index (χ1v) is 7.12. The lowest BCUT2D eigenvalue weighted by Crippen LogP contribution is -2.26. The minimum Gasteiger partial charge on any atom is -0.327 e. The van der Waals surface area contributed by atoms with Crippen molar-refractivity contribution in [3.8, 4) is 0 Å². The molecule has 0 aliphatic heterocycles. The highest BCUT2D eigenvalue weighted by molar-refractivity contribution is 5.03. The van der Waals surface area contributed by atoms with E-state index in [0.29, 0.717) is 18.0 Å². The number of aromatic nitrogens is 2. The molecule has 94 valence electrons. The lowest BCUT2D eigenvalue weighted by Gasteiger charge is -2.13. The number of hydrogen-bond acceptors (Lipinski definition) is 2. The van der Waals surface area contributed by atoms with Gasteiger partial charge in [-0.05, 0) is 44.1 Å². The predicted octanol–water partition coefficient (Wildman–Crippen LogP) is 2.67. The van der Waals surface area contributed by atoms with Crippen LogP contribution in [0.1, 0.15) is 56.7 Å². The van der Waals surface area contributed by atoms with Gasteiger partial charge >= 0.3 is 0 Å². The molecule has 17 heavy (non-hydrogen) atoms. The van der Waals surface area contributed by atoms with Gasteiger partial charge in [0, 0.05) is 12.2 Å². The Morgan fingerprint density at radius 2 is 2.00 bits per heavy atom. The normalized spacial score (nSPS) is 30.2. The Morgan fingerprint density at radius 3 is 2.71 bits per heavy atom. The highest BCUT2D eigenvalue weighted by Gasteiger charge is 2.25. The maximum Gasteiger partial charge on any atom is 0.0628 e. The zero-order valence-corrected chi connectivity index (χ0v) is 10.5. The van der Waals surface area contributed by atoms with Crippen LogP contribution in [-0.4, -0.2) is 15.8 Å². The summed E-state index contributed by atoms with van der Waals surface area (Å²) >= 11 is 0. The lowest BCUT2D eigenvalue weighted by atomic mass is 9.98. The molecule has 2 N–H and O–H groups in total. The van der Waals surface area contributed by atoms with Gasteiger partial charge in [-0.25, -0.2) is 0 Å². The van der Waals surface area contributed by atoms with Gasteiger partial charge in [0.25, 0.3) is 0 Å². The topological polar surface area (TPSA) is 43.8 Å². The first-order chi connectivity index (χ1) is 8.33. The van der Waals surface area contributed by atoms with Crippen LogP contribution in [0.15, 0.2) is 12.3 Å². The van der Waals surface area contributed by atoms with E-state index in [1.807, 2.05) is 0 Å². The van der Waals surface area contributed by atoms with Crippen LogP contribution in [0.3, 0.4) is 0 Å². The number of nitrogens with two attached hydrogens (primary N) is 1. The highest BCUT2D eigenvalue weighted by Crippen LogP contribution is 2.30. The fourth-order valence-electron chi connectivity index (χ4n) is 3.45. The summed E-state index contributed by atoms with van der Waals surface area (Å²) in [5.74, 6) is 0.668. The van der Waals surface area contributed by atoms with Crippen molar-refractivity contribution in [3.63, 3.8) is 0 Å². The van der Waals surface area contributed by atoms with Crippen molar-refractivity contribution in [3.05, 3.63) is 18.0 Å². The van der Waals surface area contributed by atoms with Crippen molar-refractivity contribution in [1.29, 1.82) is 0 Å². The molecule has 0 aromatic carbocycles. The summed E-state index contributed by atoms with van der Waals surface area (Å²) in [4.78, 5) is 0. The quantitative estimate of drug-likeness (QED) is 0.872. The van der Waals surface area contributed by atoms with Gasteiger partial charge in [0.05, 0.1) is 11.7 Å². The molecule has 3 heteroatoms. The number of rotatable bonds is 3. The molecule has 1 aromatic rings. The fraction of sp³-hybridized carbons (Fsp3) is 0.786. The molecular weight excluding hydrogens is 210 g/mol.